The van der Waals surface area contributed by atoms with Crippen molar-refractivity contribution in [2.45, 2.75) is 6.92 Å². The number of H-pyrrole nitrogens is 1. The summed E-state index contributed by atoms with van der Waals surface area (Å²) in [6, 6.07) is 7.01. The highest BCUT2D eigenvalue weighted by molar-refractivity contribution is 6.30. The summed E-state index contributed by atoms with van der Waals surface area (Å²) in [6.07, 6.45) is 10.7. The lowest BCUT2D eigenvalue weighted by Crippen LogP contribution is -2.14. The molecule has 0 radical (unpaired) electrons. The Morgan fingerprint density at radius 2 is 2.04 bits per heavy atom. The van der Waals surface area contributed by atoms with Gasteiger partial charge in [-0.3, -0.25) is 4.79 Å². The fraction of sp³-hybridized carbons (Fsp3) is 0.0556. The topological polar surface area (TPSA) is 68.5 Å². The number of imidazole rings is 1. The van der Waals surface area contributed by atoms with Crippen LogP contribution < -0.4 is 5.56 Å². The molecule has 1 aromatic heterocycles. The average Bonchev–Trinajstić information content (AvgIpc) is 3.23. The molecule has 7 heteroatoms. The maximum absolute atomic E-state index is 12.7. The zero-order chi connectivity index (χ0) is 17.4. The van der Waals surface area contributed by atoms with E-state index >= 15 is 0 Å². The number of halogens is 1. The van der Waals surface area contributed by atoms with Crippen LogP contribution in [0.2, 0.25) is 5.02 Å². The Morgan fingerprint density at radius 3 is 2.76 bits per heavy atom. The van der Waals surface area contributed by atoms with Gasteiger partial charge in [0.05, 0.1) is 17.6 Å². The molecule has 1 N–H and O–H groups in total. The van der Waals surface area contributed by atoms with Gasteiger partial charge in [-0.2, -0.15) is 9.78 Å². The van der Waals surface area contributed by atoms with E-state index in [9.17, 15) is 4.79 Å². The molecule has 0 saturated carbocycles. The van der Waals surface area contributed by atoms with Gasteiger partial charge >= 0.3 is 0 Å². The molecule has 2 aromatic rings. The van der Waals surface area contributed by atoms with Crippen molar-refractivity contribution in [3.05, 3.63) is 75.8 Å². The van der Waals surface area contributed by atoms with Gasteiger partial charge in [0.2, 0.25) is 0 Å². The number of aromatic amines is 1. The van der Waals surface area contributed by atoms with Gasteiger partial charge in [-0.25, -0.2) is 4.98 Å². The van der Waals surface area contributed by atoms with Gasteiger partial charge < -0.3 is 9.55 Å². The Hall–Kier alpha value is -3.12. The molecule has 0 aliphatic carbocycles. The molecular formula is C18H14ClN5O. The van der Waals surface area contributed by atoms with Crippen molar-refractivity contribution in [3.63, 3.8) is 0 Å². The minimum atomic E-state index is -0.175. The van der Waals surface area contributed by atoms with Crippen molar-refractivity contribution in [1.29, 1.82) is 0 Å². The number of rotatable bonds is 3. The van der Waals surface area contributed by atoms with Crippen LogP contribution in [0.15, 0.2) is 54.0 Å². The second kappa shape index (κ2) is 6.07. The Balaban J connectivity index is 1.87. The minimum absolute atomic E-state index is 0.175. The van der Waals surface area contributed by atoms with Crippen LogP contribution in [-0.4, -0.2) is 24.3 Å². The third-order valence-electron chi connectivity index (χ3n) is 3.98. The molecule has 0 saturated heterocycles. The van der Waals surface area contributed by atoms with Gasteiger partial charge in [0.15, 0.2) is 0 Å². The van der Waals surface area contributed by atoms with Crippen LogP contribution in [0.25, 0.3) is 29.2 Å². The second-order valence-corrected chi connectivity index (χ2v) is 6.05. The van der Waals surface area contributed by atoms with E-state index in [4.69, 9.17) is 11.6 Å². The van der Waals surface area contributed by atoms with Crippen molar-refractivity contribution in [3.8, 4) is 16.9 Å². The predicted molar refractivity (Wildman–Crippen MR) is 98.0 cm³/mol. The highest BCUT2D eigenvalue weighted by Crippen LogP contribution is 2.25. The molecule has 6 nitrogen and oxygen atoms in total. The third kappa shape index (κ3) is 2.77. The number of aromatic nitrogens is 5. The molecule has 2 aliphatic rings. The van der Waals surface area contributed by atoms with Crippen LogP contribution in [0, 0.1) is 6.92 Å². The zero-order valence-electron chi connectivity index (χ0n) is 13.3. The van der Waals surface area contributed by atoms with Gasteiger partial charge in [-0.15, -0.1) is 0 Å². The lowest BCUT2D eigenvalue weighted by atomic mass is 10.1. The van der Waals surface area contributed by atoms with Gasteiger partial charge in [-0.05, 0) is 37.3 Å². The van der Waals surface area contributed by atoms with Crippen LogP contribution in [0.3, 0.4) is 0 Å². The van der Waals surface area contributed by atoms with E-state index in [1.54, 1.807) is 43.0 Å². The Bertz CT molecular complexity index is 1070. The van der Waals surface area contributed by atoms with E-state index in [-0.39, 0.29) is 5.56 Å². The van der Waals surface area contributed by atoms with Crippen molar-refractivity contribution < 1.29 is 0 Å². The first-order chi connectivity index (χ1) is 12.1. The first-order valence-electron chi connectivity index (χ1n) is 7.66. The maximum atomic E-state index is 12.7. The molecule has 0 spiro atoms. The number of pyridine rings is 1. The molecule has 4 rings (SSSR count). The van der Waals surface area contributed by atoms with Crippen LogP contribution in [0.4, 0.5) is 0 Å². The maximum Gasteiger partial charge on any atom is 0.282 e. The minimum Gasteiger partial charge on any atom is -0.364 e. The summed E-state index contributed by atoms with van der Waals surface area (Å²) < 4.78 is 3.22. The zero-order valence-corrected chi connectivity index (χ0v) is 14.1. The summed E-state index contributed by atoms with van der Waals surface area (Å²) in [5.74, 6) is 0. The van der Waals surface area contributed by atoms with Gasteiger partial charge in [0.25, 0.3) is 5.56 Å². The molecular weight excluding hydrogens is 338 g/mol. The smallest absolute Gasteiger partial charge is 0.282 e. The summed E-state index contributed by atoms with van der Waals surface area (Å²) in [6.45, 7) is 1.94. The standard InChI is InChI=1S/C18H14ClN5O/c1-12-15(6-8-23-9-7-20-11-23)17-16(10-21-12)18(25)24(22-17)14-4-2-13(19)3-5-14/h2-11,21H,1H3. The van der Waals surface area contributed by atoms with Crippen LogP contribution >= 0.6 is 11.6 Å². The summed E-state index contributed by atoms with van der Waals surface area (Å²) in [7, 11) is 0. The number of hydrogen-bond donors (Lipinski definition) is 1. The summed E-state index contributed by atoms with van der Waals surface area (Å²) in [5.41, 5.74) is 3.46. The Morgan fingerprint density at radius 1 is 1.24 bits per heavy atom. The van der Waals surface area contributed by atoms with Crippen LogP contribution in [0.1, 0.15) is 11.3 Å². The van der Waals surface area contributed by atoms with E-state index in [2.05, 4.69) is 15.1 Å². The fourth-order valence-corrected chi connectivity index (χ4v) is 2.78. The van der Waals surface area contributed by atoms with Gasteiger partial charge in [0.1, 0.15) is 5.69 Å². The highest BCUT2D eigenvalue weighted by Gasteiger charge is 2.20. The third-order valence-corrected chi connectivity index (χ3v) is 4.23. The first kappa shape index (κ1) is 15.4. The van der Waals surface area contributed by atoms with E-state index in [1.807, 2.05) is 30.0 Å². The second-order valence-electron chi connectivity index (χ2n) is 5.61. The quantitative estimate of drug-likeness (QED) is 0.614. The first-order valence-corrected chi connectivity index (χ1v) is 8.04. The molecule has 2 aliphatic heterocycles. The van der Waals surface area contributed by atoms with Crippen LogP contribution in [-0.2, 0) is 0 Å². The lowest BCUT2D eigenvalue weighted by Gasteiger charge is -2.05. The van der Waals surface area contributed by atoms with E-state index < -0.39 is 0 Å². The lowest BCUT2D eigenvalue weighted by molar-refractivity contribution is 0.857. The molecule has 0 fully saturated rings. The highest BCUT2D eigenvalue weighted by atomic mass is 35.5. The Labute approximate surface area is 148 Å². The normalized spacial score (nSPS) is 11.6. The molecule has 3 heterocycles. The van der Waals surface area contributed by atoms with E-state index in [0.717, 1.165) is 11.3 Å². The van der Waals surface area contributed by atoms with Crippen molar-refractivity contribution >= 4 is 23.9 Å². The number of aryl methyl sites for hydroxylation is 1. The number of hydrogen-bond acceptors (Lipinski definition) is 3. The monoisotopic (exact) mass is 351 g/mol. The van der Waals surface area contributed by atoms with E-state index in [0.29, 0.717) is 22.0 Å². The summed E-state index contributed by atoms with van der Waals surface area (Å²) >= 11 is 5.92. The van der Waals surface area contributed by atoms with Crippen molar-refractivity contribution in [2.75, 3.05) is 0 Å². The number of nitrogens with zero attached hydrogens (tertiary/aromatic N) is 4. The van der Waals surface area contributed by atoms with Crippen molar-refractivity contribution in [2.24, 2.45) is 0 Å². The molecule has 1 aromatic carbocycles. The molecule has 0 atom stereocenters. The molecule has 124 valence electrons. The number of benzene rings is 1. The molecule has 0 unspecified atom stereocenters. The summed E-state index contributed by atoms with van der Waals surface area (Å²) in [5, 5.41) is 5.15. The number of nitrogens with one attached hydrogen (secondary N) is 1. The number of fused-ring (bicyclic) bond motifs is 1. The Kier molecular flexibility index (Phi) is 3.74. The molecule has 0 bridgehead atoms. The predicted octanol–water partition coefficient (Wildman–Crippen LogP) is 3.45. The fourth-order valence-electron chi connectivity index (χ4n) is 2.66. The molecule has 25 heavy (non-hydrogen) atoms. The largest absolute Gasteiger partial charge is 0.364 e. The van der Waals surface area contributed by atoms with Gasteiger partial charge in [0, 0.05) is 41.1 Å². The summed E-state index contributed by atoms with van der Waals surface area (Å²) in [4.78, 5) is 19.9. The molecule has 0 amide bonds. The van der Waals surface area contributed by atoms with Gasteiger partial charge in [-0.1, -0.05) is 11.6 Å². The average molecular weight is 352 g/mol. The SMILES string of the molecule is Cc1[nH]cc2c(=O)n(-c3ccc(Cl)cc3)nc-2c1C=Cn1ccnc1. The van der Waals surface area contributed by atoms with Crippen molar-refractivity contribution in [1.82, 2.24) is 24.3 Å². The van der Waals surface area contributed by atoms with E-state index in [1.165, 1.54) is 4.68 Å². The van der Waals surface area contributed by atoms with Crippen LogP contribution in [0.5, 0.6) is 0 Å².